The van der Waals surface area contributed by atoms with Crippen LogP contribution in [0.5, 0.6) is 0 Å². The lowest BCUT2D eigenvalue weighted by atomic mass is 10.2. The minimum absolute atomic E-state index is 0.0157. The van der Waals surface area contributed by atoms with E-state index in [2.05, 4.69) is 17.1 Å². The summed E-state index contributed by atoms with van der Waals surface area (Å²) in [5.41, 5.74) is 0. The predicted molar refractivity (Wildman–Crippen MR) is 55.4 cm³/mol. The van der Waals surface area contributed by atoms with Crippen molar-refractivity contribution in [3.8, 4) is 0 Å². The first-order chi connectivity index (χ1) is 7.51. The van der Waals surface area contributed by atoms with E-state index in [0.717, 1.165) is 19.6 Å². The lowest BCUT2D eigenvalue weighted by Crippen LogP contribution is -2.46. The van der Waals surface area contributed by atoms with Gasteiger partial charge in [0.1, 0.15) is 0 Å². The lowest BCUT2D eigenvalue weighted by molar-refractivity contribution is -0.133. The second-order valence-corrected chi connectivity index (χ2v) is 3.96. The summed E-state index contributed by atoms with van der Waals surface area (Å²) in [6, 6.07) is 0. The van der Waals surface area contributed by atoms with E-state index in [0.29, 0.717) is 13.2 Å². The minimum Gasteiger partial charge on any atom is -0.374 e. The van der Waals surface area contributed by atoms with Crippen LogP contribution in [0.1, 0.15) is 13.3 Å². The summed E-state index contributed by atoms with van der Waals surface area (Å²) in [7, 11) is 0. The third-order valence-corrected chi connectivity index (χ3v) is 2.63. The van der Waals surface area contributed by atoms with Gasteiger partial charge in [-0.25, -0.2) is 0 Å². The minimum atomic E-state index is -4.07. The van der Waals surface area contributed by atoms with Gasteiger partial charge in [0, 0.05) is 26.2 Å². The van der Waals surface area contributed by atoms with Crippen molar-refractivity contribution in [3.63, 3.8) is 0 Å². The highest BCUT2D eigenvalue weighted by molar-refractivity contribution is 4.72. The van der Waals surface area contributed by atoms with Crippen LogP contribution in [0.25, 0.3) is 0 Å². The summed E-state index contributed by atoms with van der Waals surface area (Å²) in [5.74, 6) is 0. The molecule has 0 aliphatic carbocycles. The highest BCUT2D eigenvalue weighted by atomic mass is 19.4. The van der Waals surface area contributed by atoms with Gasteiger partial charge >= 0.3 is 6.18 Å². The Bertz CT molecular complexity index is 199. The molecule has 1 fully saturated rings. The average Bonchev–Trinajstić information content (AvgIpc) is 2.23. The van der Waals surface area contributed by atoms with Crippen LogP contribution in [0.4, 0.5) is 13.2 Å². The largest absolute Gasteiger partial charge is 0.390 e. The highest BCUT2D eigenvalue weighted by Crippen LogP contribution is 2.18. The number of ether oxygens (including phenoxy) is 1. The normalized spacial score (nSPS) is 23.6. The highest BCUT2D eigenvalue weighted by Gasteiger charge is 2.26. The molecule has 0 aromatic rings. The molecule has 0 aromatic carbocycles. The molecule has 1 aliphatic heterocycles. The van der Waals surface area contributed by atoms with Crippen LogP contribution in [-0.4, -0.2) is 56.5 Å². The van der Waals surface area contributed by atoms with Crippen LogP contribution < -0.4 is 5.32 Å². The third-order valence-electron chi connectivity index (χ3n) is 2.63. The van der Waals surface area contributed by atoms with Crippen molar-refractivity contribution in [2.45, 2.75) is 25.6 Å². The number of morpholine rings is 1. The molecular formula is C10H19F3N2O. The van der Waals surface area contributed by atoms with Crippen molar-refractivity contribution < 1.29 is 17.9 Å². The first-order valence-electron chi connectivity index (χ1n) is 5.62. The molecule has 96 valence electrons. The van der Waals surface area contributed by atoms with Gasteiger partial charge < -0.3 is 10.1 Å². The molecule has 6 heteroatoms. The van der Waals surface area contributed by atoms with Crippen LogP contribution in [0.15, 0.2) is 0 Å². The molecular weight excluding hydrogens is 221 g/mol. The van der Waals surface area contributed by atoms with Crippen LogP contribution in [-0.2, 0) is 4.74 Å². The zero-order valence-corrected chi connectivity index (χ0v) is 9.52. The Morgan fingerprint density at radius 3 is 2.81 bits per heavy atom. The van der Waals surface area contributed by atoms with Crippen molar-refractivity contribution in [1.82, 2.24) is 10.2 Å². The van der Waals surface area contributed by atoms with Crippen molar-refractivity contribution in [2.75, 3.05) is 39.3 Å². The van der Waals surface area contributed by atoms with E-state index in [1.807, 2.05) is 0 Å². The summed E-state index contributed by atoms with van der Waals surface area (Å²) in [5, 5.41) is 2.78. The monoisotopic (exact) mass is 240 g/mol. The standard InChI is InChI=1S/C10H19F3N2O/c1-2-15-5-6-16-9(8-15)7-14-4-3-10(11,12)13/h9,14H,2-8H2,1H3. The van der Waals surface area contributed by atoms with Crippen molar-refractivity contribution >= 4 is 0 Å². The molecule has 0 amide bonds. The molecule has 1 unspecified atom stereocenters. The Morgan fingerprint density at radius 1 is 1.44 bits per heavy atom. The quantitative estimate of drug-likeness (QED) is 0.732. The molecule has 0 spiro atoms. The second-order valence-electron chi connectivity index (χ2n) is 3.96. The Hall–Kier alpha value is -0.330. The Balaban J connectivity index is 2.08. The fourth-order valence-electron chi connectivity index (χ4n) is 1.68. The van der Waals surface area contributed by atoms with E-state index in [9.17, 15) is 13.2 Å². The number of likely N-dealkylation sites (N-methyl/N-ethyl adjacent to an activating group) is 1. The number of alkyl halides is 3. The van der Waals surface area contributed by atoms with E-state index < -0.39 is 12.6 Å². The van der Waals surface area contributed by atoms with E-state index in [-0.39, 0.29) is 12.6 Å². The van der Waals surface area contributed by atoms with Gasteiger partial charge in [-0.1, -0.05) is 6.92 Å². The predicted octanol–water partition coefficient (Wildman–Crippen LogP) is 1.25. The van der Waals surface area contributed by atoms with E-state index in [4.69, 9.17) is 4.74 Å². The lowest BCUT2D eigenvalue weighted by Gasteiger charge is -2.32. The number of rotatable bonds is 5. The molecule has 1 heterocycles. The molecule has 1 atom stereocenters. The summed E-state index contributed by atoms with van der Waals surface area (Å²) in [6.07, 6.45) is -4.84. The molecule has 0 bridgehead atoms. The number of hydrogen-bond acceptors (Lipinski definition) is 3. The smallest absolute Gasteiger partial charge is 0.374 e. The molecule has 0 aromatic heterocycles. The zero-order chi connectivity index (χ0) is 12.0. The second kappa shape index (κ2) is 6.42. The molecule has 0 radical (unpaired) electrons. The summed E-state index contributed by atoms with van der Waals surface area (Å²) in [4.78, 5) is 2.24. The van der Waals surface area contributed by atoms with E-state index in [1.165, 1.54) is 0 Å². The van der Waals surface area contributed by atoms with Gasteiger partial charge in [0.25, 0.3) is 0 Å². The van der Waals surface area contributed by atoms with Crippen LogP contribution in [0.2, 0.25) is 0 Å². The van der Waals surface area contributed by atoms with Crippen molar-refractivity contribution in [3.05, 3.63) is 0 Å². The summed E-state index contributed by atoms with van der Waals surface area (Å²) < 4.78 is 41.0. The summed E-state index contributed by atoms with van der Waals surface area (Å²) >= 11 is 0. The number of hydrogen-bond donors (Lipinski definition) is 1. The Morgan fingerprint density at radius 2 is 2.19 bits per heavy atom. The molecule has 1 N–H and O–H groups in total. The fourth-order valence-corrected chi connectivity index (χ4v) is 1.68. The van der Waals surface area contributed by atoms with E-state index in [1.54, 1.807) is 0 Å². The Labute approximate surface area is 93.9 Å². The van der Waals surface area contributed by atoms with Crippen molar-refractivity contribution in [2.24, 2.45) is 0 Å². The molecule has 1 rings (SSSR count). The van der Waals surface area contributed by atoms with Crippen LogP contribution in [0.3, 0.4) is 0 Å². The third kappa shape index (κ3) is 5.67. The first kappa shape index (κ1) is 13.7. The van der Waals surface area contributed by atoms with Gasteiger partial charge in [-0.15, -0.1) is 0 Å². The number of nitrogens with zero attached hydrogens (tertiary/aromatic N) is 1. The van der Waals surface area contributed by atoms with Crippen LogP contribution >= 0.6 is 0 Å². The average molecular weight is 240 g/mol. The SMILES string of the molecule is CCN1CCOC(CNCCC(F)(F)F)C1. The Kier molecular flexibility index (Phi) is 5.51. The molecule has 1 saturated heterocycles. The zero-order valence-electron chi connectivity index (χ0n) is 9.52. The van der Waals surface area contributed by atoms with Gasteiger partial charge in [0.2, 0.25) is 0 Å². The van der Waals surface area contributed by atoms with Gasteiger partial charge in [0.15, 0.2) is 0 Å². The maximum Gasteiger partial charge on any atom is 0.390 e. The first-order valence-corrected chi connectivity index (χ1v) is 5.62. The molecule has 16 heavy (non-hydrogen) atoms. The van der Waals surface area contributed by atoms with E-state index >= 15 is 0 Å². The maximum absolute atomic E-state index is 11.9. The molecule has 3 nitrogen and oxygen atoms in total. The van der Waals surface area contributed by atoms with Gasteiger partial charge in [0.05, 0.1) is 19.1 Å². The fraction of sp³-hybridized carbons (Fsp3) is 1.00. The topological polar surface area (TPSA) is 24.5 Å². The van der Waals surface area contributed by atoms with Crippen molar-refractivity contribution in [1.29, 1.82) is 0 Å². The van der Waals surface area contributed by atoms with Gasteiger partial charge in [-0.2, -0.15) is 13.2 Å². The summed E-state index contributed by atoms with van der Waals surface area (Å²) in [6.45, 7) is 5.87. The van der Waals surface area contributed by atoms with Crippen LogP contribution in [0, 0.1) is 0 Å². The number of halogens is 3. The number of nitrogens with one attached hydrogen (secondary N) is 1. The molecule has 0 saturated carbocycles. The van der Waals surface area contributed by atoms with Gasteiger partial charge in [-0.05, 0) is 6.54 Å². The maximum atomic E-state index is 11.9. The molecule has 1 aliphatic rings. The van der Waals surface area contributed by atoms with Gasteiger partial charge in [-0.3, -0.25) is 4.90 Å².